The molecule has 2 fully saturated rings. The molecule has 6 nitrogen and oxygen atoms in total. The van der Waals surface area contributed by atoms with Crippen molar-refractivity contribution in [1.82, 2.24) is 9.80 Å². The van der Waals surface area contributed by atoms with Crippen molar-refractivity contribution in [3.63, 3.8) is 0 Å². The van der Waals surface area contributed by atoms with Crippen LogP contribution < -0.4 is 9.47 Å². The average molecular weight is 451 g/mol. The fourth-order valence-electron chi connectivity index (χ4n) is 4.71. The lowest BCUT2D eigenvalue weighted by atomic mass is 9.93. The Balaban J connectivity index is 1.41. The molecule has 1 saturated carbocycles. The van der Waals surface area contributed by atoms with Gasteiger partial charge in [0.1, 0.15) is 11.5 Å². The van der Waals surface area contributed by atoms with Crippen molar-refractivity contribution in [2.75, 3.05) is 27.3 Å². The summed E-state index contributed by atoms with van der Waals surface area (Å²) >= 11 is 0. The lowest BCUT2D eigenvalue weighted by Gasteiger charge is -2.37. The number of hydrogen-bond acceptors (Lipinski definition) is 4. The maximum atomic E-state index is 13.6. The van der Waals surface area contributed by atoms with E-state index in [1.54, 1.807) is 32.4 Å². The first-order valence-electron chi connectivity index (χ1n) is 11.9. The topological polar surface area (TPSA) is 59.1 Å². The van der Waals surface area contributed by atoms with Crippen LogP contribution in [0.3, 0.4) is 0 Å². The number of ether oxygens (including phenoxy) is 2. The van der Waals surface area contributed by atoms with E-state index < -0.39 is 0 Å². The number of methoxy groups -OCH3 is 2. The van der Waals surface area contributed by atoms with E-state index in [9.17, 15) is 9.59 Å². The molecule has 2 aromatic rings. The highest BCUT2D eigenvalue weighted by molar-refractivity contribution is 5.95. The summed E-state index contributed by atoms with van der Waals surface area (Å²) in [5, 5.41) is 0. The second-order valence-corrected chi connectivity index (χ2v) is 9.20. The largest absolute Gasteiger partial charge is 0.497 e. The SMILES string of the molecule is COc1cc(OC)cc(C(=O)N2CCC(C(=O)N(Cc3ccccc3)C(C)C3CC3)CC2)c1. The third-order valence-electron chi connectivity index (χ3n) is 7.00. The van der Waals surface area contributed by atoms with Crippen molar-refractivity contribution in [3.05, 3.63) is 59.7 Å². The van der Waals surface area contributed by atoms with Gasteiger partial charge in [-0.3, -0.25) is 9.59 Å². The summed E-state index contributed by atoms with van der Waals surface area (Å²) in [5.41, 5.74) is 1.71. The van der Waals surface area contributed by atoms with Crippen LogP contribution in [0.2, 0.25) is 0 Å². The zero-order valence-electron chi connectivity index (χ0n) is 19.8. The first-order valence-corrected chi connectivity index (χ1v) is 11.9. The second kappa shape index (κ2) is 10.3. The van der Waals surface area contributed by atoms with Crippen molar-refractivity contribution < 1.29 is 19.1 Å². The average Bonchev–Trinajstić information content (AvgIpc) is 3.72. The highest BCUT2D eigenvalue weighted by atomic mass is 16.5. The summed E-state index contributed by atoms with van der Waals surface area (Å²) in [7, 11) is 3.15. The summed E-state index contributed by atoms with van der Waals surface area (Å²) in [5.74, 6) is 1.93. The van der Waals surface area contributed by atoms with Gasteiger partial charge in [0.05, 0.1) is 14.2 Å². The van der Waals surface area contributed by atoms with Crippen LogP contribution in [0, 0.1) is 11.8 Å². The molecule has 6 heteroatoms. The quantitative estimate of drug-likeness (QED) is 0.599. The summed E-state index contributed by atoms with van der Waals surface area (Å²) < 4.78 is 10.6. The first kappa shape index (κ1) is 23.1. The lowest BCUT2D eigenvalue weighted by molar-refractivity contribution is -0.140. The molecule has 1 aliphatic heterocycles. The van der Waals surface area contributed by atoms with Gasteiger partial charge in [-0.25, -0.2) is 0 Å². The fraction of sp³-hybridized carbons (Fsp3) is 0.481. The van der Waals surface area contributed by atoms with Crippen molar-refractivity contribution in [1.29, 1.82) is 0 Å². The van der Waals surface area contributed by atoms with Gasteiger partial charge in [0.2, 0.25) is 5.91 Å². The van der Waals surface area contributed by atoms with Crippen molar-refractivity contribution in [2.45, 2.75) is 45.2 Å². The van der Waals surface area contributed by atoms with Gasteiger partial charge in [-0.15, -0.1) is 0 Å². The molecule has 2 aromatic carbocycles. The minimum Gasteiger partial charge on any atom is -0.497 e. The molecule has 1 unspecified atom stereocenters. The summed E-state index contributed by atoms with van der Waals surface area (Å²) in [6.45, 7) is 3.99. The Morgan fingerprint density at radius 3 is 2.12 bits per heavy atom. The van der Waals surface area contributed by atoms with Gasteiger partial charge in [0.15, 0.2) is 0 Å². The molecule has 2 aliphatic rings. The molecule has 1 heterocycles. The molecular formula is C27H34N2O4. The predicted molar refractivity (Wildman–Crippen MR) is 127 cm³/mol. The molecule has 2 amide bonds. The predicted octanol–water partition coefficient (Wildman–Crippen LogP) is 4.38. The maximum absolute atomic E-state index is 13.6. The molecule has 0 N–H and O–H groups in total. The number of likely N-dealkylation sites (tertiary alicyclic amines) is 1. The van der Waals surface area contributed by atoms with Crippen molar-refractivity contribution >= 4 is 11.8 Å². The molecule has 1 saturated heterocycles. The Morgan fingerprint density at radius 1 is 0.970 bits per heavy atom. The second-order valence-electron chi connectivity index (χ2n) is 9.20. The van der Waals surface area contributed by atoms with Crippen LogP contribution in [0.1, 0.15) is 48.5 Å². The molecule has 0 aromatic heterocycles. The van der Waals surface area contributed by atoms with Crippen LogP contribution in [0.5, 0.6) is 11.5 Å². The monoisotopic (exact) mass is 450 g/mol. The van der Waals surface area contributed by atoms with Gasteiger partial charge in [0.25, 0.3) is 5.91 Å². The summed E-state index contributed by atoms with van der Waals surface area (Å²) in [6.07, 6.45) is 3.79. The molecule has 33 heavy (non-hydrogen) atoms. The van der Waals surface area contributed by atoms with Crippen molar-refractivity contribution in [2.24, 2.45) is 11.8 Å². The molecule has 0 radical (unpaired) electrons. The van der Waals surface area contributed by atoms with Gasteiger partial charge in [-0.05, 0) is 56.2 Å². The third-order valence-corrected chi connectivity index (χ3v) is 7.00. The number of amides is 2. The molecule has 0 spiro atoms. The minimum absolute atomic E-state index is 0.0428. The Labute approximate surface area is 196 Å². The number of piperidine rings is 1. The van der Waals surface area contributed by atoms with Crippen LogP contribution >= 0.6 is 0 Å². The lowest BCUT2D eigenvalue weighted by Crippen LogP contribution is -2.47. The maximum Gasteiger partial charge on any atom is 0.254 e. The Morgan fingerprint density at radius 2 is 1.58 bits per heavy atom. The Kier molecular flexibility index (Phi) is 7.21. The van der Waals surface area contributed by atoms with Gasteiger partial charge >= 0.3 is 0 Å². The van der Waals surface area contributed by atoms with Gasteiger partial charge < -0.3 is 19.3 Å². The molecule has 4 rings (SSSR count). The Bertz CT molecular complexity index is 943. The minimum atomic E-state index is -0.0504. The number of carbonyl (C=O) groups excluding carboxylic acids is 2. The van der Waals surface area contributed by atoms with E-state index in [0.29, 0.717) is 55.5 Å². The highest BCUT2D eigenvalue weighted by Gasteiger charge is 2.38. The molecular weight excluding hydrogens is 416 g/mol. The van der Waals surface area contributed by atoms with E-state index >= 15 is 0 Å². The Hall–Kier alpha value is -3.02. The molecule has 1 atom stereocenters. The van der Waals surface area contributed by atoms with Crippen LogP contribution in [0.25, 0.3) is 0 Å². The first-order chi connectivity index (χ1) is 16.0. The van der Waals surface area contributed by atoms with Gasteiger partial charge in [-0.1, -0.05) is 30.3 Å². The normalized spacial score (nSPS) is 17.4. The van der Waals surface area contributed by atoms with Crippen molar-refractivity contribution in [3.8, 4) is 11.5 Å². The fourth-order valence-corrected chi connectivity index (χ4v) is 4.71. The van der Waals surface area contributed by atoms with E-state index in [-0.39, 0.29) is 23.8 Å². The molecule has 176 valence electrons. The number of nitrogens with zero attached hydrogens (tertiary/aromatic N) is 2. The highest BCUT2D eigenvalue weighted by Crippen LogP contribution is 2.37. The smallest absolute Gasteiger partial charge is 0.254 e. The number of carbonyl (C=O) groups is 2. The molecule has 1 aliphatic carbocycles. The summed E-state index contributed by atoms with van der Waals surface area (Å²) in [4.78, 5) is 30.6. The molecule has 0 bridgehead atoms. The van der Waals surface area contributed by atoms with E-state index in [4.69, 9.17) is 9.47 Å². The van der Waals surface area contributed by atoms with Crippen LogP contribution in [-0.2, 0) is 11.3 Å². The number of rotatable bonds is 8. The van der Waals surface area contributed by atoms with E-state index in [1.807, 2.05) is 23.1 Å². The van der Waals surface area contributed by atoms with Gasteiger partial charge in [-0.2, -0.15) is 0 Å². The zero-order chi connectivity index (χ0) is 23.4. The van der Waals surface area contributed by atoms with Gasteiger partial charge in [0, 0.05) is 43.2 Å². The summed E-state index contributed by atoms with van der Waals surface area (Å²) in [6, 6.07) is 15.7. The van der Waals surface area contributed by atoms with Crippen LogP contribution in [-0.4, -0.2) is 55.0 Å². The standard InChI is InChI=1S/C27H34N2O4/c1-19(21-9-10-21)29(18-20-7-5-4-6-8-20)27(31)22-11-13-28(14-12-22)26(30)23-15-24(32-2)17-25(16-23)33-3/h4-8,15-17,19,21-22H,9-14,18H2,1-3H3. The van der Waals surface area contributed by atoms with E-state index in [2.05, 4.69) is 24.0 Å². The van der Waals surface area contributed by atoms with Crippen LogP contribution in [0.15, 0.2) is 48.5 Å². The number of hydrogen-bond donors (Lipinski definition) is 0. The van der Waals surface area contributed by atoms with E-state index in [1.165, 1.54) is 12.8 Å². The van der Waals surface area contributed by atoms with Crippen LogP contribution in [0.4, 0.5) is 0 Å². The zero-order valence-corrected chi connectivity index (χ0v) is 19.8. The van der Waals surface area contributed by atoms with E-state index in [0.717, 1.165) is 5.56 Å². The number of benzene rings is 2. The third kappa shape index (κ3) is 5.49.